The fraction of sp³-hybridized carbons (Fsp3) is 0.143. The molecule has 35 heavy (non-hydrogen) atoms. The van der Waals surface area contributed by atoms with Crippen LogP contribution in [0.3, 0.4) is 0 Å². The van der Waals surface area contributed by atoms with E-state index < -0.39 is 18.6 Å². The number of nitrogens with zero attached hydrogens (tertiary/aromatic N) is 1. The maximum atomic E-state index is 12.7. The SMILES string of the molecule is COc1ccc(OC(=O)N(CC(=O)O)Cc2ccc3cc(OCc4ccccc4)ccc3c2)cc1. The molecule has 4 aromatic carbocycles. The van der Waals surface area contributed by atoms with Gasteiger partial charge < -0.3 is 19.3 Å². The molecule has 0 aliphatic rings. The molecule has 178 valence electrons. The van der Waals surface area contributed by atoms with Gasteiger partial charge in [-0.05, 0) is 64.4 Å². The average Bonchev–Trinajstić information content (AvgIpc) is 2.88. The summed E-state index contributed by atoms with van der Waals surface area (Å²) in [5.74, 6) is 0.548. The number of carbonyl (C=O) groups excluding carboxylic acids is 1. The van der Waals surface area contributed by atoms with Crippen LogP contribution in [-0.2, 0) is 17.9 Å². The molecule has 1 N–H and O–H groups in total. The largest absolute Gasteiger partial charge is 0.497 e. The molecule has 0 atom stereocenters. The zero-order valence-electron chi connectivity index (χ0n) is 19.2. The Morgan fingerprint density at radius 2 is 1.43 bits per heavy atom. The van der Waals surface area contributed by atoms with Crippen LogP contribution in [-0.4, -0.2) is 35.7 Å². The number of benzene rings is 4. The summed E-state index contributed by atoms with van der Waals surface area (Å²) >= 11 is 0. The predicted octanol–water partition coefficient (Wildman–Crippen LogP) is 5.51. The molecule has 1 amide bonds. The van der Waals surface area contributed by atoms with Gasteiger partial charge in [-0.25, -0.2) is 4.79 Å². The van der Waals surface area contributed by atoms with E-state index in [0.29, 0.717) is 18.1 Å². The van der Waals surface area contributed by atoms with Gasteiger partial charge in [0.15, 0.2) is 0 Å². The highest BCUT2D eigenvalue weighted by Gasteiger charge is 2.20. The van der Waals surface area contributed by atoms with Crippen LogP contribution in [0.4, 0.5) is 4.79 Å². The number of aliphatic carboxylic acids is 1. The topological polar surface area (TPSA) is 85.3 Å². The van der Waals surface area contributed by atoms with E-state index in [1.807, 2.05) is 66.7 Å². The summed E-state index contributed by atoms with van der Waals surface area (Å²) in [6, 6.07) is 27.9. The molecule has 0 aliphatic heterocycles. The highest BCUT2D eigenvalue weighted by molar-refractivity contribution is 5.85. The van der Waals surface area contributed by atoms with E-state index >= 15 is 0 Å². The lowest BCUT2D eigenvalue weighted by atomic mass is 10.1. The first kappa shape index (κ1) is 23.6. The number of carboxylic acids is 1. The van der Waals surface area contributed by atoms with Crippen LogP contribution in [0.1, 0.15) is 11.1 Å². The maximum Gasteiger partial charge on any atom is 0.416 e. The van der Waals surface area contributed by atoms with E-state index in [9.17, 15) is 14.7 Å². The van der Waals surface area contributed by atoms with Crippen molar-refractivity contribution in [1.29, 1.82) is 0 Å². The summed E-state index contributed by atoms with van der Waals surface area (Å²) in [5, 5.41) is 11.2. The Hall–Kier alpha value is -4.52. The van der Waals surface area contributed by atoms with Crippen LogP contribution in [0, 0.1) is 0 Å². The lowest BCUT2D eigenvalue weighted by Crippen LogP contribution is -2.37. The van der Waals surface area contributed by atoms with Crippen LogP contribution in [0.25, 0.3) is 10.8 Å². The Morgan fingerprint density at radius 3 is 2.14 bits per heavy atom. The molecule has 0 aromatic heterocycles. The first-order valence-corrected chi connectivity index (χ1v) is 11.0. The second-order valence-electron chi connectivity index (χ2n) is 7.91. The van der Waals surface area contributed by atoms with Crippen molar-refractivity contribution in [2.75, 3.05) is 13.7 Å². The van der Waals surface area contributed by atoms with Gasteiger partial charge in [-0.1, -0.05) is 48.5 Å². The van der Waals surface area contributed by atoms with Crippen molar-refractivity contribution in [3.63, 3.8) is 0 Å². The minimum absolute atomic E-state index is 0.0868. The zero-order valence-corrected chi connectivity index (χ0v) is 19.2. The van der Waals surface area contributed by atoms with Crippen molar-refractivity contribution in [3.05, 3.63) is 102 Å². The van der Waals surface area contributed by atoms with Gasteiger partial charge in [0.05, 0.1) is 7.11 Å². The Bertz CT molecular complexity index is 1300. The molecule has 0 aliphatic carbocycles. The standard InChI is InChI=1S/C28H25NO6/c1-33-24-11-13-25(14-12-24)35-28(32)29(18-27(30)31)17-21-7-8-23-16-26(10-9-22(23)15-21)34-19-20-5-3-2-4-6-20/h2-16H,17-19H2,1H3,(H,30,31). The van der Waals surface area contributed by atoms with E-state index in [1.165, 1.54) is 7.11 Å². The summed E-state index contributed by atoms with van der Waals surface area (Å²) < 4.78 is 16.4. The first-order chi connectivity index (χ1) is 17.0. The number of carboxylic acid groups (broad SMARTS) is 1. The third-order valence-electron chi connectivity index (χ3n) is 5.35. The third kappa shape index (κ3) is 6.51. The summed E-state index contributed by atoms with van der Waals surface area (Å²) in [6.07, 6.45) is -0.748. The van der Waals surface area contributed by atoms with Gasteiger partial charge in [-0.15, -0.1) is 0 Å². The Morgan fingerprint density at radius 1 is 0.771 bits per heavy atom. The molecule has 7 heteroatoms. The molecule has 7 nitrogen and oxygen atoms in total. The molecular formula is C28H25NO6. The van der Waals surface area contributed by atoms with Crippen molar-refractivity contribution < 1.29 is 28.9 Å². The van der Waals surface area contributed by atoms with Gasteiger partial charge in [-0.3, -0.25) is 9.69 Å². The lowest BCUT2D eigenvalue weighted by Gasteiger charge is -2.20. The Labute approximate surface area is 203 Å². The number of fused-ring (bicyclic) bond motifs is 1. The van der Waals surface area contributed by atoms with Crippen LogP contribution in [0.2, 0.25) is 0 Å². The summed E-state index contributed by atoms with van der Waals surface area (Å²) in [7, 11) is 1.54. The normalized spacial score (nSPS) is 10.5. The molecule has 0 spiro atoms. The van der Waals surface area contributed by atoms with E-state index in [2.05, 4.69) is 0 Å². The fourth-order valence-electron chi connectivity index (χ4n) is 3.58. The summed E-state index contributed by atoms with van der Waals surface area (Å²) in [5.41, 5.74) is 1.87. The quantitative estimate of drug-likeness (QED) is 0.346. The van der Waals surface area contributed by atoms with Gasteiger partial charge in [0, 0.05) is 6.54 Å². The molecule has 0 unspecified atom stereocenters. The van der Waals surface area contributed by atoms with Crippen LogP contribution in [0.15, 0.2) is 91.0 Å². The highest BCUT2D eigenvalue weighted by atomic mass is 16.6. The molecule has 0 fully saturated rings. The van der Waals surface area contributed by atoms with Crippen molar-refractivity contribution in [2.45, 2.75) is 13.2 Å². The average molecular weight is 472 g/mol. The monoisotopic (exact) mass is 471 g/mol. The van der Waals surface area contributed by atoms with Crippen molar-refractivity contribution in [2.24, 2.45) is 0 Å². The minimum Gasteiger partial charge on any atom is -0.497 e. The van der Waals surface area contributed by atoms with Gasteiger partial charge in [0.1, 0.15) is 30.4 Å². The summed E-state index contributed by atoms with van der Waals surface area (Å²) in [6.45, 7) is 0.0770. The first-order valence-electron chi connectivity index (χ1n) is 11.0. The smallest absolute Gasteiger partial charge is 0.416 e. The number of amides is 1. The fourth-order valence-corrected chi connectivity index (χ4v) is 3.58. The van der Waals surface area contributed by atoms with Crippen molar-refractivity contribution >= 4 is 22.8 Å². The number of hydrogen-bond donors (Lipinski definition) is 1. The van der Waals surface area contributed by atoms with Crippen LogP contribution in [0.5, 0.6) is 17.2 Å². The molecule has 4 rings (SSSR count). The number of methoxy groups -OCH3 is 1. The van der Waals surface area contributed by atoms with E-state index in [0.717, 1.165) is 32.5 Å². The molecule has 0 bridgehead atoms. The van der Waals surface area contributed by atoms with Crippen molar-refractivity contribution in [3.8, 4) is 17.2 Å². The Balaban J connectivity index is 1.45. The van der Waals surface area contributed by atoms with E-state index in [1.54, 1.807) is 24.3 Å². The molecular weight excluding hydrogens is 446 g/mol. The van der Waals surface area contributed by atoms with Crippen LogP contribution >= 0.6 is 0 Å². The number of hydrogen-bond acceptors (Lipinski definition) is 5. The summed E-state index contributed by atoms with van der Waals surface area (Å²) in [4.78, 5) is 25.2. The van der Waals surface area contributed by atoms with E-state index in [4.69, 9.17) is 14.2 Å². The van der Waals surface area contributed by atoms with Gasteiger partial charge in [0.2, 0.25) is 0 Å². The van der Waals surface area contributed by atoms with Gasteiger partial charge in [0.25, 0.3) is 0 Å². The molecule has 0 radical (unpaired) electrons. The molecule has 0 saturated heterocycles. The predicted molar refractivity (Wildman–Crippen MR) is 132 cm³/mol. The van der Waals surface area contributed by atoms with Gasteiger partial charge in [-0.2, -0.15) is 0 Å². The molecule has 4 aromatic rings. The second-order valence-corrected chi connectivity index (χ2v) is 7.91. The van der Waals surface area contributed by atoms with Crippen molar-refractivity contribution in [1.82, 2.24) is 4.90 Å². The lowest BCUT2D eigenvalue weighted by molar-refractivity contribution is -0.138. The third-order valence-corrected chi connectivity index (χ3v) is 5.35. The highest BCUT2D eigenvalue weighted by Crippen LogP contribution is 2.24. The molecule has 0 heterocycles. The Kier molecular flexibility index (Phi) is 7.47. The zero-order chi connectivity index (χ0) is 24.6. The number of ether oxygens (including phenoxy) is 3. The number of carbonyl (C=O) groups is 2. The maximum absolute atomic E-state index is 12.7. The number of rotatable bonds is 9. The van der Waals surface area contributed by atoms with Gasteiger partial charge >= 0.3 is 12.1 Å². The second kappa shape index (κ2) is 11.1. The van der Waals surface area contributed by atoms with E-state index in [-0.39, 0.29) is 6.54 Å². The minimum atomic E-state index is -1.13. The molecule has 0 saturated carbocycles. The van der Waals surface area contributed by atoms with Crippen LogP contribution < -0.4 is 14.2 Å².